The molecule has 0 radical (unpaired) electrons. The third-order valence-corrected chi connectivity index (χ3v) is 3.50. The minimum absolute atomic E-state index is 0.0592. The highest BCUT2D eigenvalue weighted by Crippen LogP contribution is 2.21. The second kappa shape index (κ2) is 6.56. The van der Waals surface area contributed by atoms with Crippen molar-refractivity contribution in [2.45, 2.75) is 17.5 Å². The van der Waals surface area contributed by atoms with Crippen LogP contribution in [0.3, 0.4) is 0 Å². The van der Waals surface area contributed by atoms with E-state index in [1.54, 1.807) is 12.1 Å². The van der Waals surface area contributed by atoms with Gasteiger partial charge in [0.1, 0.15) is 5.75 Å². The van der Waals surface area contributed by atoms with Crippen molar-refractivity contribution in [3.63, 3.8) is 0 Å². The summed E-state index contributed by atoms with van der Waals surface area (Å²) in [5.74, 6) is 1.23. The number of H-pyrrole nitrogens is 1. The van der Waals surface area contributed by atoms with Crippen LogP contribution >= 0.6 is 11.8 Å². The van der Waals surface area contributed by atoms with Gasteiger partial charge in [-0.3, -0.25) is 0 Å². The van der Waals surface area contributed by atoms with Crippen LogP contribution in [-0.2, 0) is 5.75 Å². The Bertz CT molecular complexity index is 774. The van der Waals surface area contributed by atoms with Crippen LogP contribution in [0.5, 0.6) is 5.75 Å². The fourth-order valence-electron chi connectivity index (χ4n) is 1.72. The molecule has 3 rings (SSSR count). The lowest BCUT2D eigenvalue weighted by Crippen LogP contribution is -2.04. The van der Waals surface area contributed by atoms with Crippen LogP contribution in [0.25, 0.3) is 5.69 Å². The van der Waals surface area contributed by atoms with Gasteiger partial charge in [-0.1, -0.05) is 11.8 Å². The van der Waals surface area contributed by atoms with E-state index in [-0.39, 0.29) is 11.7 Å². The molecule has 120 valence electrons. The molecule has 0 aliphatic carbocycles. The van der Waals surface area contributed by atoms with E-state index in [0.717, 1.165) is 0 Å². The summed E-state index contributed by atoms with van der Waals surface area (Å²) < 4.78 is 30.0. The van der Waals surface area contributed by atoms with Crippen molar-refractivity contribution < 1.29 is 13.5 Å². The lowest BCUT2D eigenvalue weighted by Gasteiger charge is -2.06. The van der Waals surface area contributed by atoms with Crippen molar-refractivity contribution in [1.82, 2.24) is 35.4 Å². The number of anilines is 1. The van der Waals surface area contributed by atoms with Gasteiger partial charge in [0.2, 0.25) is 11.1 Å². The van der Waals surface area contributed by atoms with Gasteiger partial charge >= 0.3 is 6.61 Å². The normalized spacial score (nSPS) is 11.1. The number of halogens is 2. The van der Waals surface area contributed by atoms with E-state index >= 15 is 0 Å². The third kappa shape index (κ3) is 3.71. The molecular formula is C11H10F2N8OS. The molecule has 0 aliphatic heterocycles. The van der Waals surface area contributed by atoms with Crippen molar-refractivity contribution in [2.75, 3.05) is 5.73 Å². The van der Waals surface area contributed by atoms with E-state index in [4.69, 9.17) is 5.73 Å². The van der Waals surface area contributed by atoms with Crippen LogP contribution in [0.4, 0.5) is 14.7 Å². The van der Waals surface area contributed by atoms with Crippen molar-refractivity contribution in [3.8, 4) is 11.4 Å². The van der Waals surface area contributed by atoms with Gasteiger partial charge in [0.05, 0.1) is 11.4 Å². The number of nitrogen functional groups attached to an aromatic ring is 1. The monoisotopic (exact) mass is 340 g/mol. The van der Waals surface area contributed by atoms with Gasteiger partial charge < -0.3 is 10.5 Å². The summed E-state index contributed by atoms with van der Waals surface area (Å²) in [5.41, 5.74) is 6.06. The van der Waals surface area contributed by atoms with E-state index in [9.17, 15) is 8.78 Å². The number of hydrogen-bond donors (Lipinski definition) is 2. The lowest BCUT2D eigenvalue weighted by atomic mass is 10.3. The van der Waals surface area contributed by atoms with Crippen molar-refractivity contribution in [2.24, 2.45) is 0 Å². The highest BCUT2D eigenvalue weighted by atomic mass is 32.2. The Balaban J connectivity index is 1.72. The summed E-state index contributed by atoms with van der Waals surface area (Å²) >= 11 is 1.30. The zero-order chi connectivity index (χ0) is 16.2. The highest BCUT2D eigenvalue weighted by Gasteiger charge is 2.11. The fraction of sp³-hybridized carbons (Fsp3) is 0.182. The molecule has 0 atom stereocenters. The lowest BCUT2D eigenvalue weighted by molar-refractivity contribution is -0.0498. The number of alkyl halides is 2. The predicted molar refractivity (Wildman–Crippen MR) is 76.1 cm³/mol. The number of hydrogen-bond acceptors (Lipinski definition) is 8. The minimum Gasteiger partial charge on any atom is -0.435 e. The summed E-state index contributed by atoms with van der Waals surface area (Å²) in [5, 5.41) is 18.3. The van der Waals surface area contributed by atoms with Crippen LogP contribution in [0.2, 0.25) is 0 Å². The van der Waals surface area contributed by atoms with Crippen molar-refractivity contribution in [3.05, 3.63) is 30.1 Å². The van der Waals surface area contributed by atoms with Gasteiger partial charge in [0, 0.05) is 0 Å². The topological polar surface area (TPSA) is 120 Å². The summed E-state index contributed by atoms with van der Waals surface area (Å²) in [6.45, 7) is -2.87. The number of rotatable bonds is 6. The first-order chi connectivity index (χ1) is 11.1. The number of tetrazole rings is 1. The highest BCUT2D eigenvalue weighted by molar-refractivity contribution is 7.98. The second-order valence-corrected chi connectivity index (χ2v) is 5.11. The molecule has 9 nitrogen and oxygen atoms in total. The molecule has 0 unspecified atom stereocenters. The summed E-state index contributed by atoms with van der Waals surface area (Å²) in [4.78, 5) is 3.96. The SMILES string of the molecule is Nc1nc(SCc2nnnn2-c2ccc(OC(F)F)cc2)n[nH]1. The fourth-order valence-corrected chi connectivity index (χ4v) is 2.43. The van der Waals surface area contributed by atoms with Crippen molar-refractivity contribution >= 4 is 17.7 Å². The summed E-state index contributed by atoms with van der Waals surface area (Å²) in [6.07, 6.45) is 0. The number of thioether (sulfide) groups is 1. The van der Waals surface area contributed by atoms with E-state index in [2.05, 4.69) is 35.4 Å². The van der Waals surface area contributed by atoms with Crippen molar-refractivity contribution in [1.29, 1.82) is 0 Å². The Morgan fingerprint density at radius 1 is 1.30 bits per heavy atom. The molecular weight excluding hydrogens is 330 g/mol. The number of ether oxygens (including phenoxy) is 1. The summed E-state index contributed by atoms with van der Waals surface area (Å²) in [6, 6.07) is 5.98. The number of nitrogens with zero attached hydrogens (tertiary/aromatic N) is 6. The maximum absolute atomic E-state index is 12.1. The van der Waals surface area contributed by atoms with Gasteiger partial charge in [-0.05, 0) is 34.7 Å². The van der Waals surface area contributed by atoms with Gasteiger partial charge in [0.25, 0.3) is 0 Å². The molecule has 3 N–H and O–H groups in total. The number of aromatic nitrogens is 7. The molecule has 2 heterocycles. The number of benzene rings is 1. The molecule has 3 aromatic rings. The molecule has 0 fully saturated rings. The Kier molecular flexibility index (Phi) is 4.32. The van der Waals surface area contributed by atoms with E-state index < -0.39 is 6.61 Å². The zero-order valence-corrected chi connectivity index (χ0v) is 12.2. The van der Waals surface area contributed by atoms with Crippen LogP contribution in [-0.4, -0.2) is 42.0 Å². The van der Waals surface area contributed by atoms with Crippen LogP contribution in [0, 0.1) is 0 Å². The molecule has 1 aromatic carbocycles. The zero-order valence-electron chi connectivity index (χ0n) is 11.4. The smallest absolute Gasteiger partial charge is 0.387 e. The standard InChI is InChI=1S/C11H10F2N8OS/c12-9(13)22-7-3-1-6(2-4-7)21-8(16-19-20-21)5-23-11-15-10(14)17-18-11/h1-4,9H,5H2,(H3,14,15,17,18). The largest absolute Gasteiger partial charge is 0.435 e. The van der Waals surface area contributed by atoms with Gasteiger partial charge in [-0.2, -0.15) is 18.4 Å². The Morgan fingerprint density at radius 3 is 2.74 bits per heavy atom. The van der Waals surface area contributed by atoms with Crippen LogP contribution < -0.4 is 10.5 Å². The average molecular weight is 340 g/mol. The molecule has 0 saturated carbocycles. The summed E-state index contributed by atoms with van der Waals surface area (Å²) in [7, 11) is 0. The van der Waals surface area contributed by atoms with Crippen LogP contribution in [0.15, 0.2) is 29.4 Å². The second-order valence-electron chi connectivity index (χ2n) is 4.17. The molecule has 0 amide bonds. The number of aromatic amines is 1. The molecule has 0 bridgehead atoms. The molecule has 0 aliphatic rings. The Morgan fingerprint density at radius 2 is 2.09 bits per heavy atom. The minimum atomic E-state index is -2.87. The first-order valence-electron chi connectivity index (χ1n) is 6.25. The predicted octanol–water partition coefficient (Wildman–Crippen LogP) is 1.26. The molecule has 0 spiro atoms. The van der Waals surface area contributed by atoms with E-state index in [1.165, 1.54) is 28.6 Å². The Labute approximate surface area is 132 Å². The third-order valence-electron chi connectivity index (χ3n) is 2.65. The number of nitrogens with two attached hydrogens (primary N) is 1. The van der Waals surface area contributed by atoms with Gasteiger partial charge in [0.15, 0.2) is 5.82 Å². The Hall–Kier alpha value is -2.76. The number of nitrogens with one attached hydrogen (secondary N) is 1. The van der Waals surface area contributed by atoms with Crippen LogP contribution in [0.1, 0.15) is 5.82 Å². The van der Waals surface area contributed by atoms with Gasteiger partial charge in [-0.25, -0.2) is 5.10 Å². The van der Waals surface area contributed by atoms with E-state index in [0.29, 0.717) is 22.4 Å². The molecule has 23 heavy (non-hydrogen) atoms. The quantitative estimate of drug-likeness (QED) is 0.643. The molecule has 0 saturated heterocycles. The van der Waals surface area contributed by atoms with Gasteiger partial charge in [-0.15, -0.1) is 10.2 Å². The van der Waals surface area contributed by atoms with E-state index in [1.807, 2.05) is 0 Å². The molecule has 12 heteroatoms. The maximum atomic E-state index is 12.1. The first-order valence-corrected chi connectivity index (χ1v) is 7.23. The average Bonchev–Trinajstić information content (AvgIpc) is 3.14. The molecule has 2 aromatic heterocycles. The first kappa shape index (κ1) is 15.1. The maximum Gasteiger partial charge on any atom is 0.387 e.